The number of benzene rings is 3. The van der Waals surface area contributed by atoms with Gasteiger partial charge in [0, 0.05) is 10.4 Å². The molecule has 108 valence electrons. The van der Waals surface area contributed by atoms with Gasteiger partial charge in [0.15, 0.2) is 0 Å². The predicted octanol–water partition coefficient (Wildman–Crippen LogP) is 6.31. The van der Waals surface area contributed by atoms with Crippen molar-refractivity contribution in [3.05, 3.63) is 82.9 Å². The molecule has 1 heteroatoms. The van der Waals surface area contributed by atoms with Gasteiger partial charge >= 0.3 is 0 Å². The lowest BCUT2D eigenvalue weighted by Crippen LogP contribution is -2.14. The van der Waals surface area contributed by atoms with Crippen LogP contribution in [0.15, 0.2) is 66.7 Å². The van der Waals surface area contributed by atoms with Gasteiger partial charge in [-0.15, -0.1) is 0 Å². The summed E-state index contributed by atoms with van der Waals surface area (Å²) >= 11 is 6.45. The molecular weight excluding hydrogens is 288 g/mol. The number of hydrogen-bond donors (Lipinski definition) is 0. The molecule has 0 aliphatic heterocycles. The molecule has 1 aliphatic carbocycles. The molecule has 0 fully saturated rings. The van der Waals surface area contributed by atoms with Crippen molar-refractivity contribution in [3.63, 3.8) is 0 Å². The first-order valence-electron chi connectivity index (χ1n) is 7.58. The van der Waals surface area contributed by atoms with Gasteiger partial charge < -0.3 is 0 Å². The summed E-state index contributed by atoms with van der Waals surface area (Å²) in [5.41, 5.74) is 7.79. The Morgan fingerprint density at radius 3 is 2.18 bits per heavy atom. The van der Waals surface area contributed by atoms with Crippen LogP contribution in [0.2, 0.25) is 5.02 Å². The fraction of sp³-hybridized carbons (Fsp3) is 0.143. The van der Waals surface area contributed by atoms with Crippen molar-refractivity contribution < 1.29 is 0 Å². The van der Waals surface area contributed by atoms with E-state index in [9.17, 15) is 0 Å². The summed E-state index contributed by atoms with van der Waals surface area (Å²) in [5, 5.41) is 0.804. The van der Waals surface area contributed by atoms with E-state index in [1.54, 1.807) is 0 Å². The Bertz CT molecular complexity index is 860. The minimum Gasteiger partial charge on any atom is -0.0843 e. The van der Waals surface area contributed by atoms with E-state index < -0.39 is 0 Å². The third-order valence-electron chi connectivity index (χ3n) is 4.73. The van der Waals surface area contributed by atoms with E-state index in [1.807, 2.05) is 6.07 Å². The first kappa shape index (κ1) is 13.6. The van der Waals surface area contributed by atoms with Crippen LogP contribution in [-0.4, -0.2) is 0 Å². The first-order valence-corrected chi connectivity index (χ1v) is 7.96. The quantitative estimate of drug-likeness (QED) is 0.494. The fourth-order valence-electron chi connectivity index (χ4n) is 3.63. The maximum atomic E-state index is 6.45. The summed E-state index contributed by atoms with van der Waals surface area (Å²) < 4.78 is 0. The van der Waals surface area contributed by atoms with Crippen LogP contribution >= 0.6 is 11.6 Å². The van der Waals surface area contributed by atoms with Crippen LogP contribution in [0.3, 0.4) is 0 Å². The Morgan fingerprint density at radius 2 is 1.41 bits per heavy atom. The van der Waals surface area contributed by atoms with Gasteiger partial charge in [0.1, 0.15) is 0 Å². The van der Waals surface area contributed by atoms with Crippen LogP contribution in [-0.2, 0) is 5.41 Å². The van der Waals surface area contributed by atoms with E-state index in [2.05, 4.69) is 74.5 Å². The lowest BCUT2D eigenvalue weighted by molar-refractivity contribution is 0.660. The molecule has 0 saturated carbocycles. The molecular formula is C21H17Cl. The van der Waals surface area contributed by atoms with Crippen LogP contribution in [0.1, 0.15) is 25.0 Å². The second-order valence-corrected chi connectivity index (χ2v) is 6.85. The molecule has 0 heterocycles. The maximum Gasteiger partial charge on any atom is 0.0415 e. The van der Waals surface area contributed by atoms with E-state index in [4.69, 9.17) is 11.6 Å². The zero-order valence-corrected chi connectivity index (χ0v) is 13.5. The lowest BCUT2D eigenvalue weighted by atomic mass is 9.82. The predicted molar refractivity (Wildman–Crippen MR) is 94.5 cm³/mol. The van der Waals surface area contributed by atoms with Crippen LogP contribution in [0.25, 0.3) is 22.3 Å². The summed E-state index contributed by atoms with van der Waals surface area (Å²) in [6, 6.07) is 23.4. The molecule has 0 bridgehead atoms. The second kappa shape index (κ2) is 4.72. The first-order chi connectivity index (χ1) is 10.6. The molecule has 4 rings (SSSR count). The SMILES string of the molecule is CC1(C)c2ccccc2-c2c(-c3ccccc3)cc(Cl)cc21. The van der Waals surface area contributed by atoms with Gasteiger partial charge in [0.2, 0.25) is 0 Å². The van der Waals surface area contributed by atoms with Gasteiger partial charge in [-0.05, 0) is 45.5 Å². The van der Waals surface area contributed by atoms with Crippen molar-refractivity contribution in [3.8, 4) is 22.3 Å². The molecule has 0 nitrogen and oxygen atoms in total. The average molecular weight is 305 g/mol. The molecule has 0 aromatic heterocycles. The molecule has 0 amide bonds. The third kappa shape index (κ3) is 1.84. The Labute approximate surface area is 136 Å². The molecule has 0 spiro atoms. The van der Waals surface area contributed by atoms with Crippen LogP contribution in [0, 0.1) is 0 Å². The molecule has 0 N–H and O–H groups in total. The zero-order chi connectivity index (χ0) is 15.3. The van der Waals surface area contributed by atoms with Gasteiger partial charge in [-0.3, -0.25) is 0 Å². The summed E-state index contributed by atoms with van der Waals surface area (Å²) in [7, 11) is 0. The lowest BCUT2D eigenvalue weighted by Gasteiger charge is -2.22. The Morgan fingerprint density at radius 1 is 0.727 bits per heavy atom. The van der Waals surface area contributed by atoms with Crippen LogP contribution in [0.5, 0.6) is 0 Å². The van der Waals surface area contributed by atoms with Crippen molar-refractivity contribution in [1.82, 2.24) is 0 Å². The minimum absolute atomic E-state index is 0.0135. The smallest absolute Gasteiger partial charge is 0.0415 e. The second-order valence-electron chi connectivity index (χ2n) is 6.41. The Kier molecular flexibility index (Phi) is 2.92. The average Bonchev–Trinajstić information content (AvgIpc) is 2.76. The fourth-order valence-corrected chi connectivity index (χ4v) is 3.84. The van der Waals surface area contributed by atoms with Gasteiger partial charge in [-0.1, -0.05) is 80.0 Å². The Hall–Kier alpha value is -2.05. The van der Waals surface area contributed by atoms with Crippen molar-refractivity contribution in [1.29, 1.82) is 0 Å². The zero-order valence-electron chi connectivity index (χ0n) is 12.7. The normalized spacial score (nSPS) is 14.5. The Balaban J connectivity index is 2.11. The van der Waals surface area contributed by atoms with Crippen molar-refractivity contribution in [2.45, 2.75) is 19.3 Å². The van der Waals surface area contributed by atoms with E-state index in [0.717, 1.165) is 5.02 Å². The summed E-state index contributed by atoms with van der Waals surface area (Å²) in [6.07, 6.45) is 0. The molecule has 3 aromatic carbocycles. The topological polar surface area (TPSA) is 0 Å². The number of hydrogen-bond acceptors (Lipinski definition) is 0. The number of rotatable bonds is 1. The molecule has 0 atom stereocenters. The highest BCUT2D eigenvalue weighted by atomic mass is 35.5. The summed E-state index contributed by atoms with van der Waals surface area (Å²) in [5.74, 6) is 0. The number of fused-ring (bicyclic) bond motifs is 3. The van der Waals surface area contributed by atoms with Gasteiger partial charge in [-0.2, -0.15) is 0 Å². The summed E-state index contributed by atoms with van der Waals surface area (Å²) in [6.45, 7) is 4.56. The molecule has 3 aromatic rings. The van der Waals surface area contributed by atoms with Crippen molar-refractivity contribution >= 4 is 11.6 Å². The highest BCUT2D eigenvalue weighted by Gasteiger charge is 2.36. The molecule has 22 heavy (non-hydrogen) atoms. The van der Waals surface area contributed by atoms with Gasteiger partial charge in [0.05, 0.1) is 0 Å². The van der Waals surface area contributed by atoms with Crippen LogP contribution < -0.4 is 0 Å². The molecule has 0 unspecified atom stereocenters. The van der Waals surface area contributed by atoms with Gasteiger partial charge in [-0.25, -0.2) is 0 Å². The highest BCUT2D eigenvalue weighted by molar-refractivity contribution is 6.31. The maximum absolute atomic E-state index is 6.45. The van der Waals surface area contributed by atoms with Crippen molar-refractivity contribution in [2.75, 3.05) is 0 Å². The molecule has 0 saturated heterocycles. The standard InChI is InChI=1S/C21H17Cl/c1-21(2)18-11-7-6-10-16(18)20-17(12-15(22)13-19(20)21)14-8-4-3-5-9-14/h3-13H,1-2H3. The summed E-state index contributed by atoms with van der Waals surface area (Å²) in [4.78, 5) is 0. The highest BCUT2D eigenvalue weighted by Crippen LogP contribution is 2.52. The van der Waals surface area contributed by atoms with Crippen molar-refractivity contribution in [2.24, 2.45) is 0 Å². The third-order valence-corrected chi connectivity index (χ3v) is 4.95. The minimum atomic E-state index is -0.0135. The van der Waals surface area contributed by atoms with Gasteiger partial charge in [0.25, 0.3) is 0 Å². The van der Waals surface area contributed by atoms with Crippen LogP contribution in [0.4, 0.5) is 0 Å². The molecule has 1 aliphatic rings. The van der Waals surface area contributed by atoms with E-state index >= 15 is 0 Å². The van der Waals surface area contributed by atoms with E-state index in [0.29, 0.717) is 0 Å². The monoisotopic (exact) mass is 304 g/mol. The molecule has 0 radical (unpaired) electrons. The number of halogens is 1. The van der Waals surface area contributed by atoms with E-state index in [1.165, 1.54) is 33.4 Å². The van der Waals surface area contributed by atoms with E-state index in [-0.39, 0.29) is 5.41 Å². The largest absolute Gasteiger partial charge is 0.0843 e.